The monoisotopic (exact) mass is 296 g/mol. The molecule has 20 heavy (non-hydrogen) atoms. The van der Waals surface area contributed by atoms with Crippen LogP contribution in [0.4, 0.5) is 0 Å². The number of methoxy groups -OCH3 is 1. The van der Waals surface area contributed by atoms with Crippen molar-refractivity contribution < 1.29 is 4.74 Å². The maximum absolute atomic E-state index is 5.87. The van der Waals surface area contributed by atoms with Crippen molar-refractivity contribution >= 4 is 22.6 Å². The molecule has 0 fully saturated rings. The topological polar surface area (TPSA) is 43.2 Å². The molecule has 0 aliphatic carbocycles. The Balaban J connectivity index is 2.12. The molecule has 0 saturated carbocycles. The van der Waals surface area contributed by atoms with E-state index in [1.807, 2.05) is 6.07 Å². The van der Waals surface area contributed by atoms with Crippen molar-refractivity contribution in [2.75, 3.05) is 39.7 Å². The van der Waals surface area contributed by atoms with Gasteiger partial charge in [0.2, 0.25) is 0 Å². The number of halogens is 1. The number of rotatable bonds is 8. The van der Waals surface area contributed by atoms with Gasteiger partial charge in [-0.2, -0.15) is 0 Å². The minimum Gasteiger partial charge on any atom is -0.383 e. The fourth-order valence-corrected chi connectivity index (χ4v) is 2.36. The highest BCUT2D eigenvalue weighted by atomic mass is 35.5. The van der Waals surface area contributed by atoms with Crippen molar-refractivity contribution in [2.24, 2.45) is 0 Å². The van der Waals surface area contributed by atoms with Gasteiger partial charge in [0.1, 0.15) is 11.3 Å². The minimum absolute atomic E-state index is 0.580. The molecule has 0 amide bonds. The van der Waals surface area contributed by atoms with Crippen molar-refractivity contribution in [3.05, 3.63) is 24.3 Å². The van der Waals surface area contributed by atoms with Gasteiger partial charge in [-0.05, 0) is 13.1 Å². The van der Waals surface area contributed by atoms with Crippen molar-refractivity contribution in [1.29, 1.82) is 0 Å². The summed E-state index contributed by atoms with van der Waals surface area (Å²) in [6, 6.07) is 2.01. The van der Waals surface area contributed by atoms with Crippen LogP contribution in [0.3, 0.4) is 0 Å². The number of fused-ring (bicyclic) bond motifs is 1. The van der Waals surface area contributed by atoms with Gasteiger partial charge >= 0.3 is 0 Å². The second-order valence-electron chi connectivity index (χ2n) is 4.78. The number of likely N-dealkylation sites (N-methyl/N-ethyl adjacent to an activating group) is 1. The number of aryl methyl sites for hydroxylation is 1. The highest BCUT2D eigenvalue weighted by Crippen LogP contribution is 2.15. The van der Waals surface area contributed by atoms with Crippen LogP contribution in [-0.2, 0) is 17.7 Å². The normalized spacial score (nSPS) is 11.6. The molecule has 2 aromatic heterocycles. The second-order valence-corrected chi connectivity index (χ2v) is 5.16. The Hall–Kier alpha value is -1.17. The zero-order chi connectivity index (χ0) is 14.4. The molecule has 0 bridgehead atoms. The Bertz CT molecular complexity index is 543. The van der Waals surface area contributed by atoms with Gasteiger partial charge < -0.3 is 14.2 Å². The summed E-state index contributed by atoms with van der Waals surface area (Å²) in [6.07, 6.45) is 4.38. The van der Waals surface area contributed by atoms with Gasteiger partial charge in [-0.25, -0.2) is 4.98 Å². The van der Waals surface area contributed by atoms with E-state index in [4.69, 9.17) is 16.3 Å². The fraction of sp³-hybridized carbons (Fsp3) is 0.571. The lowest BCUT2D eigenvalue weighted by atomic mass is 10.4. The van der Waals surface area contributed by atoms with Crippen molar-refractivity contribution in [2.45, 2.75) is 13.0 Å². The van der Waals surface area contributed by atoms with E-state index in [0.717, 1.165) is 49.5 Å². The first-order valence-electron chi connectivity index (χ1n) is 6.79. The Morgan fingerprint density at radius 2 is 2.25 bits per heavy atom. The molecule has 0 radical (unpaired) electrons. The van der Waals surface area contributed by atoms with E-state index in [1.165, 1.54) is 0 Å². The summed E-state index contributed by atoms with van der Waals surface area (Å²) in [5.74, 6) is 1.61. The van der Waals surface area contributed by atoms with Gasteiger partial charge in [-0.3, -0.25) is 4.98 Å². The van der Waals surface area contributed by atoms with E-state index in [1.54, 1.807) is 19.5 Å². The average molecular weight is 297 g/mol. The molecule has 2 aromatic rings. The number of nitrogens with zero attached hydrogens (tertiary/aromatic N) is 4. The number of hydrogen-bond donors (Lipinski definition) is 0. The first-order valence-corrected chi connectivity index (χ1v) is 7.32. The van der Waals surface area contributed by atoms with Crippen molar-refractivity contribution in [3.63, 3.8) is 0 Å². The lowest BCUT2D eigenvalue weighted by Crippen LogP contribution is -2.27. The quantitative estimate of drug-likeness (QED) is 0.697. The predicted octanol–water partition coefficient (Wildman–Crippen LogP) is 1.79. The van der Waals surface area contributed by atoms with E-state index in [2.05, 4.69) is 26.5 Å². The number of hydrogen-bond acceptors (Lipinski definition) is 4. The number of alkyl halides is 1. The minimum atomic E-state index is 0.580. The van der Waals surface area contributed by atoms with Crippen LogP contribution in [0.1, 0.15) is 5.82 Å². The third-order valence-corrected chi connectivity index (χ3v) is 3.52. The van der Waals surface area contributed by atoms with E-state index >= 15 is 0 Å². The van der Waals surface area contributed by atoms with Crippen LogP contribution in [0.25, 0.3) is 11.0 Å². The van der Waals surface area contributed by atoms with Gasteiger partial charge in [-0.15, -0.1) is 11.6 Å². The lowest BCUT2D eigenvalue weighted by Gasteiger charge is -2.17. The summed E-state index contributed by atoms with van der Waals surface area (Å²) in [6.45, 7) is 3.52. The summed E-state index contributed by atoms with van der Waals surface area (Å²) < 4.78 is 7.33. The van der Waals surface area contributed by atoms with Gasteiger partial charge in [0, 0.05) is 45.2 Å². The summed E-state index contributed by atoms with van der Waals surface area (Å²) in [4.78, 5) is 11.0. The zero-order valence-electron chi connectivity index (χ0n) is 12.0. The Labute approximate surface area is 124 Å². The third-order valence-electron chi connectivity index (χ3n) is 3.33. The smallest absolute Gasteiger partial charge is 0.111 e. The summed E-state index contributed by atoms with van der Waals surface area (Å²) in [7, 11) is 3.82. The number of pyridine rings is 1. The van der Waals surface area contributed by atoms with E-state index in [0.29, 0.717) is 5.88 Å². The van der Waals surface area contributed by atoms with Gasteiger partial charge in [0.25, 0.3) is 0 Å². The van der Waals surface area contributed by atoms with Crippen LogP contribution in [0.2, 0.25) is 0 Å². The largest absolute Gasteiger partial charge is 0.383 e. The molecule has 0 N–H and O–H groups in total. The van der Waals surface area contributed by atoms with Crippen LogP contribution in [0, 0.1) is 0 Å². The Morgan fingerprint density at radius 1 is 1.40 bits per heavy atom. The molecule has 0 atom stereocenters. The highest BCUT2D eigenvalue weighted by molar-refractivity contribution is 6.17. The SMILES string of the molecule is COCCN(C)CCn1c(CCCl)nc2cnccc21. The van der Waals surface area contributed by atoms with Gasteiger partial charge in [-0.1, -0.05) is 0 Å². The first-order chi connectivity index (χ1) is 9.76. The molecule has 2 heterocycles. The Kier molecular flexibility index (Phi) is 5.76. The van der Waals surface area contributed by atoms with Crippen molar-refractivity contribution in [3.8, 4) is 0 Å². The molecule has 0 spiro atoms. The standard InChI is InChI=1S/C14H21ClN4O/c1-18(9-10-20-2)7-8-19-13-4-6-16-11-12(13)17-14(19)3-5-15/h4,6,11H,3,5,7-10H2,1-2H3. The molecule has 110 valence electrons. The van der Waals surface area contributed by atoms with Crippen LogP contribution < -0.4 is 0 Å². The maximum atomic E-state index is 5.87. The number of imidazole rings is 1. The molecule has 0 saturated heterocycles. The molecule has 0 aromatic carbocycles. The average Bonchev–Trinajstić information content (AvgIpc) is 2.81. The summed E-state index contributed by atoms with van der Waals surface area (Å²) in [5.41, 5.74) is 2.06. The fourth-order valence-electron chi connectivity index (χ4n) is 2.19. The van der Waals surface area contributed by atoms with E-state index in [9.17, 15) is 0 Å². The second kappa shape index (κ2) is 7.57. The Morgan fingerprint density at radius 3 is 3.00 bits per heavy atom. The van der Waals surface area contributed by atoms with Crippen LogP contribution >= 0.6 is 11.6 Å². The van der Waals surface area contributed by atoms with Gasteiger partial charge in [0.05, 0.1) is 18.3 Å². The highest BCUT2D eigenvalue weighted by Gasteiger charge is 2.10. The molecule has 0 aliphatic rings. The molecular formula is C14H21ClN4O. The molecular weight excluding hydrogens is 276 g/mol. The van der Waals surface area contributed by atoms with Crippen LogP contribution in [-0.4, -0.2) is 59.2 Å². The van der Waals surface area contributed by atoms with Crippen LogP contribution in [0.15, 0.2) is 18.5 Å². The summed E-state index contributed by atoms with van der Waals surface area (Å²) >= 11 is 5.87. The van der Waals surface area contributed by atoms with E-state index in [-0.39, 0.29) is 0 Å². The van der Waals surface area contributed by atoms with E-state index < -0.39 is 0 Å². The number of ether oxygens (including phenoxy) is 1. The first kappa shape index (κ1) is 15.2. The summed E-state index contributed by atoms with van der Waals surface area (Å²) in [5, 5.41) is 0. The predicted molar refractivity (Wildman–Crippen MR) is 81.3 cm³/mol. The lowest BCUT2D eigenvalue weighted by molar-refractivity contribution is 0.159. The van der Waals surface area contributed by atoms with Crippen molar-refractivity contribution in [1.82, 2.24) is 19.4 Å². The molecule has 6 heteroatoms. The molecule has 5 nitrogen and oxygen atoms in total. The molecule has 0 unspecified atom stereocenters. The van der Waals surface area contributed by atoms with Gasteiger partial charge in [0.15, 0.2) is 0 Å². The number of aromatic nitrogens is 3. The molecule has 2 rings (SSSR count). The van der Waals surface area contributed by atoms with Crippen LogP contribution in [0.5, 0.6) is 0 Å². The molecule has 0 aliphatic heterocycles. The maximum Gasteiger partial charge on any atom is 0.111 e. The zero-order valence-corrected chi connectivity index (χ0v) is 12.8. The third kappa shape index (κ3) is 3.69.